The van der Waals surface area contributed by atoms with E-state index < -0.39 is 12.1 Å². The van der Waals surface area contributed by atoms with Crippen molar-refractivity contribution in [2.75, 3.05) is 12.8 Å². The average Bonchev–Trinajstić information content (AvgIpc) is 2.20. The molecule has 0 aliphatic carbocycles. The van der Waals surface area contributed by atoms with Crippen LogP contribution in [0.15, 0.2) is 24.3 Å². The van der Waals surface area contributed by atoms with E-state index in [4.69, 9.17) is 5.73 Å². The maximum absolute atomic E-state index is 10.9. The van der Waals surface area contributed by atoms with Gasteiger partial charge in [-0.2, -0.15) is 0 Å². The number of carbonyl (C=O) groups is 1. The van der Waals surface area contributed by atoms with Gasteiger partial charge in [0.1, 0.15) is 0 Å². The van der Waals surface area contributed by atoms with Gasteiger partial charge in [0.2, 0.25) is 0 Å². The monoisotopic (exact) mass is 195 g/mol. The Kier molecular flexibility index (Phi) is 3.48. The highest BCUT2D eigenvalue weighted by atomic mass is 16.5. The molecule has 4 heteroatoms. The van der Waals surface area contributed by atoms with Crippen molar-refractivity contribution in [3.63, 3.8) is 0 Å². The number of esters is 1. The summed E-state index contributed by atoms with van der Waals surface area (Å²) >= 11 is 0. The molecule has 3 N–H and O–H groups in total. The van der Waals surface area contributed by atoms with Crippen LogP contribution in [-0.4, -0.2) is 24.3 Å². The van der Waals surface area contributed by atoms with Crippen LogP contribution in [0.25, 0.3) is 0 Å². The molecular formula is C10H13NO3. The van der Waals surface area contributed by atoms with E-state index in [1.807, 2.05) is 0 Å². The van der Waals surface area contributed by atoms with E-state index in [0.29, 0.717) is 5.69 Å². The number of nitrogens with two attached hydrogens (primary N) is 1. The first-order chi connectivity index (χ1) is 6.63. The van der Waals surface area contributed by atoms with Gasteiger partial charge in [0.05, 0.1) is 7.11 Å². The fraction of sp³-hybridized carbons (Fsp3) is 0.300. The highest BCUT2D eigenvalue weighted by Crippen LogP contribution is 2.08. The molecule has 1 aromatic carbocycles. The molecule has 1 unspecified atom stereocenters. The van der Waals surface area contributed by atoms with Crippen molar-refractivity contribution >= 4 is 11.7 Å². The Hall–Kier alpha value is -1.55. The lowest BCUT2D eigenvalue weighted by Gasteiger charge is -2.07. The number of hydrogen-bond acceptors (Lipinski definition) is 4. The van der Waals surface area contributed by atoms with Gasteiger partial charge in [-0.25, -0.2) is 4.79 Å². The minimum atomic E-state index is -1.11. The molecule has 4 nitrogen and oxygen atoms in total. The number of carbonyl (C=O) groups excluding carboxylic acids is 1. The Bertz CT molecular complexity index is 308. The van der Waals surface area contributed by atoms with Crippen LogP contribution in [-0.2, 0) is 16.0 Å². The molecule has 76 valence electrons. The van der Waals surface area contributed by atoms with Crippen LogP contribution in [0.2, 0.25) is 0 Å². The van der Waals surface area contributed by atoms with E-state index in [-0.39, 0.29) is 6.42 Å². The van der Waals surface area contributed by atoms with Crippen molar-refractivity contribution in [3.05, 3.63) is 29.8 Å². The van der Waals surface area contributed by atoms with Crippen LogP contribution in [0.3, 0.4) is 0 Å². The number of benzene rings is 1. The van der Waals surface area contributed by atoms with Crippen molar-refractivity contribution in [1.29, 1.82) is 0 Å². The summed E-state index contributed by atoms with van der Waals surface area (Å²) in [6, 6.07) is 6.97. The van der Waals surface area contributed by atoms with Gasteiger partial charge in [0.15, 0.2) is 6.10 Å². The van der Waals surface area contributed by atoms with Crippen LogP contribution in [0.4, 0.5) is 5.69 Å². The normalized spacial score (nSPS) is 12.1. The molecule has 1 aromatic rings. The minimum Gasteiger partial charge on any atom is -0.467 e. The second-order valence-corrected chi connectivity index (χ2v) is 2.98. The molecule has 0 amide bonds. The summed E-state index contributed by atoms with van der Waals surface area (Å²) < 4.78 is 4.39. The predicted molar refractivity (Wildman–Crippen MR) is 52.6 cm³/mol. The van der Waals surface area contributed by atoms with Crippen molar-refractivity contribution in [2.45, 2.75) is 12.5 Å². The SMILES string of the molecule is COC(=O)C(O)Cc1ccc(N)cc1. The second-order valence-electron chi connectivity index (χ2n) is 2.98. The van der Waals surface area contributed by atoms with Gasteiger partial charge in [-0.1, -0.05) is 12.1 Å². The topological polar surface area (TPSA) is 72.5 Å². The number of ether oxygens (including phenoxy) is 1. The zero-order valence-electron chi connectivity index (χ0n) is 7.93. The summed E-state index contributed by atoms with van der Waals surface area (Å²) in [4.78, 5) is 10.9. The summed E-state index contributed by atoms with van der Waals surface area (Å²) in [7, 11) is 1.24. The van der Waals surface area contributed by atoms with Crippen molar-refractivity contribution < 1.29 is 14.6 Å². The number of rotatable bonds is 3. The Labute approximate surface area is 82.3 Å². The smallest absolute Gasteiger partial charge is 0.335 e. The van der Waals surface area contributed by atoms with E-state index >= 15 is 0 Å². The molecule has 14 heavy (non-hydrogen) atoms. The Morgan fingerprint density at radius 1 is 1.50 bits per heavy atom. The van der Waals surface area contributed by atoms with Crippen molar-refractivity contribution in [2.24, 2.45) is 0 Å². The van der Waals surface area contributed by atoms with E-state index in [9.17, 15) is 9.90 Å². The zero-order valence-corrected chi connectivity index (χ0v) is 7.93. The molecule has 0 fully saturated rings. The van der Waals surface area contributed by atoms with Gasteiger partial charge in [-0.3, -0.25) is 0 Å². The maximum atomic E-state index is 10.9. The molecule has 0 saturated carbocycles. The molecule has 0 aliphatic heterocycles. The summed E-state index contributed by atoms with van der Waals surface area (Å²) in [6.07, 6.45) is -0.865. The number of nitrogen functional groups attached to an aromatic ring is 1. The molecule has 0 spiro atoms. The maximum Gasteiger partial charge on any atom is 0.335 e. The van der Waals surface area contributed by atoms with Crippen LogP contribution in [0.1, 0.15) is 5.56 Å². The second kappa shape index (κ2) is 4.62. The Morgan fingerprint density at radius 2 is 2.07 bits per heavy atom. The quantitative estimate of drug-likeness (QED) is 0.539. The third-order valence-electron chi connectivity index (χ3n) is 1.88. The molecule has 0 heterocycles. The van der Waals surface area contributed by atoms with Gasteiger partial charge < -0.3 is 15.6 Å². The summed E-state index contributed by atoms with van der Waals surface area (Å²) in [5.74, 6) is -0.623. The largest absolute Gasteiger partial charge is 0.467 e. The lowest BCUT2D eigenvalue weighted by molar-refractivity contribution is -0.150. The van der Waals surface area contributed by atoms with Crippen LogP contribution in [0, 0.1) is 0 Å². The number of anilines is 1. The highest BCUT2D eigenvalue weighted by Gasteiger charge is 2.15. The van der Waals surface area contributed by atoms with Gasteiger partial charge in [-0.15, -0.1) is 0 Å². The summed E-state index contributed by atoms with van der Waals surface area (Å²) in [5.41, 5.74) is 6.99. The number of aliphatic hydroxyl groups is 1. The fourth-order valence-electron chi connectivity index (χ4n) is 1.10. The number of aliphatic hydroxyl groups excluding tert-OH is 1. The standard InChI is InChI=1S/C10H13NO3/c1-14-10(13)9(12)6-7-2-4-8(11)5-3-7/h2-5,9,12H,6,11H2,1H3. The summed E-state index contributed by atoms with van der Waals surface area (Å²) in [6.45, 7) is 0. The Balaban J connectivity index is 2.60. The molecular weight excluding hydrogens is 182 g/mol. The highest BCUT2D eigenvalue weighted by molar-refractivity contribution is 5.74. The minimum absolute atomic E-state index is 0.243. The van der Waals surface area contributed by atoms with Gasteiger partial charge in [0.25, 0.3) is 0 Å². The average molecular weight is 195 g/mol. The van der Waals surface area contributed by atoms with Crippen LogP contribution >= 0.6 is 0 Å². The van der Waals surface area contributed by atoms with E-state index in [1.165, 1.54) is 7.11 Å². The zero-order chi connectivity index (χ0) is 10.6. The van der Waals surface area contributed by atoms with Gasteiger partial charge in [0, 0.05) is 12.1 Å². The number of hydrogen-bond donors (Lipinski definition) is 2. The van der Waals surface area contributed by atoms with E-state index in [2.05, 4.69) is 4.74 Å². The van der Waals surface area contributed by atoms with Crippen LogP contribution in [0.5, 0.6) is 0 Å². The third-order valence-corrected chi connectivity index (χ3v) is 1.88. The van der Waals surface area contributed by atoms with E-state index in [0.717, 1.165) is 5.56 Å². The lowest BCUT2D eigenvalue weighted by Crippen LogP contribution is -2.24. The number of methoxy groups -OCH3 is 1. The fourth-order valence-corrected chi connectivity index (χ4v) is 1.10. The Morgan fingerprint density at radius 3 is 2.57 bits per heavy atom. The van der Waals surface area contributed by atoms with E-state index in [1.54, 1.807) is 24.3 Å². The molecule has 0 bridgehead atoms. The van der Waals surface area contributed by atoms with Crippen molar-refractivity contribution in [1.82, 2.24) is 0 Å². The molecule has 0 aromatic heterocycles. The molecule has 0 aliphatic rings. The van der Waals surface area contributed by atoms with Crippen LogP contribution < -0.4 is 5.73 Å². The van der Waals surface area contributed by atoms with Crippen molar-refractivity contribution in [3.8, 4) is 0 Å². The third kappa shape index (κ3) is 2.74. The summed E-state index contributed by atoms with van der Waals surface area (Å²) in [5, 5.41) is 9.33. The molecule has 0 radical (unpaired) electrons. The molecule has 1 atom stereocenters. The predicted octanol–water partition coefficient (Wildman–Crippen LogP) is 0.345. The molecule has 0 saturated heterocycles. The lowest BCUT2D eigenvalue weighted by atomic mass is 10.1. The molecule has 1 rings (SSSR count). The first kappa shape index (κ1) is 10.5. The van der Waals surface area contributed by atoms with Gasteiger partial charge in [-0.05, 0) is 17.7 Å². The first-order valence-corrected chi connectivity index (χ1v) is 4.24. The van der Waals surface area contributed by atoms with Gasteiger partial charge >= 0.3 is 5.97 Å². The first-order valence-electron chi connectivity index (χ1n) is 4.24.